The highest BCUT2D eigenvalue weighted by Gasteiger charge is 2.19. The first-order valence-electron chi connectivity index (χ1n) is 9.72. The molecule has 8 nitrogen and oxygen atoms in total. The summed E-state index contributed by atoms with van der Waals surface area (Å²) in [5.41, 5.74) is 1.97. The fourth-order valence-electron chi connectivity index (χ4n) is 3.33. The molecule has 5 aromatic rings. The van der Waals surface area contributed by atoms with E-state index >= 15 is 0 Å². The summed E-state index contributed by atoms with van der Waals surface area (Å²) in [5, 5.41) is 13.3. The normalized spacial score (nSPS) is 11.2. The Labute approximate surface area is 181 Å². The van der Waals surface area contributed by atoms with Crippen molar-refractivity contribution in [1.29, 1.82) is 0 Å². The third-order valence-electron chi connectivity index (χ3n) is 4.81. The minimum Gasteiger partial charge on any atom is -0.467 e. The van der Waals surface area contributed by atoms with Gasteiger partial charge in [-0.1, -0.05) is 30.0 Å². The lowest BCUT2D eigenvalue weighted by molar-refractivity contribution is -0.118. The van der Waals surface area contributed by atoms with E-state index < -0.39 is 0 Å². The Morgan fingerprint density at radius 1 is 1.03 bits per heavy atom. The van der Waals surface area contributed by atoms with Gasteiger partial charge in [0.05, 0.1) is 31.4 Å². The summed E-state index contributed by atoms with van der Waals surface area (Å²) in [5.74, 6) is 2.31. The number of H-pyrrole nitrogens is 1. The van der Waals surface area contributed by atoms with Crippen LogP contribution in [0.1, 0.15) is 11.5 Å². The van der Waals surface area contributed by atoms with Crippen LogP contribution in [0, 0.1) is 0 Å². The number of hydrogen-bond acceptors (Lipinski definition) is 6. The topological polar surface area (TPSA) is 102 Å². The second-order valence-electron chi connectivity index (χ2n) is 6.86. The zero-order valence-corrected chi connectivity index (χ0v) is 17.3. The van der Waals surface area contributed by atoms with Crippen molar-refractivity contribution in [3.05, 3.63) is 78.8 Å². The van der Waals surface area contributed by atoms with Gasteiger partial charge in [-0.3, -0.25) is 9.36 Å². The molecule has 0 bridgehead atoms. The van der Waals surface area contributed by atoms with E-state index in [2.05, 4.69) is 20.5 Å². The summed E-state index contributed by atoms with van der Waals surface area (Å²) >= 11 is 1.33. The molecule has 156 valence electrons. The van der Waals surface area contributed by atoms with E-state index in [1.54, 1.807) is 18.6 Å². The molecule has 0 radical (unpaired) electrons. The van der Waals surface area contributed by atoms with Gasteiger partial charge in [-0.25, -0.2) is 0 Å². The highest BCUT2D eigenvalue weighted by Crippen LogP contribution is 2.30. The summed E-state index contributed by atoms with van der Waals surface area (Å²) < 4.78 is 12.8. The number of nitrogens with zero attached hydrogens (tertiary/aromatic N) is 3. The Hall–Kier alpha value is -3.72. The maximum absolute atomic E-state index is 12.3. The molecule has 0 saturated heterocycles. The van der Waals surface area contributed by atoms with Crippen LogP contribution < -0.4 is 5.32 Å². The quantitative estimate of drug-likeness (QED) is 0.358. The minimum absolute atomic E-state index is 0.109. The first-order chi connectivity index (χ1) is 15.3. The Kier molecular flexibility index (Phi) is 5.32. The van der Waals surface area contributed by atoms with Crippen LogP contribution in [0.5, 0.6) is 0 Å². The van der Waals surface area contributed by atoms with Gasteiger partial charge in [-0.15, -0.1) is 10.2 Å². The van der Waals surface area contributed by atoms with Gasteiger partial charge in [0.1, 0.15) is 11.5 Å². The van der Waals surface area contributed by atoms with Crippen LogP contribution >= 0.6 is 11.8 Å². The summed E-state index contributed by atoms with van der Waals surface area (Å²) in [7, 11) is 0. The largest absolute Gasteiger partial charge is 0.467 e. The van der Waals surface area contributed by atoms with E-state index in [-0.39, 0.29) is 11.7 Å². The second kappa shape index (κ2) is 8.57. The van der Waals surface area contributed by atoms with Gasteiger partial charge in [-0.2, -0.15) is 0 Å². The van der Waals surface area contributed by atoms with Gasteiger partial charge in [0.15, 0.2) is 11.0 Å². The maximum Gasteiger partial charge on any atom is 0.230 e. The number of para-hydroxylation sites is 1. The monoisotopic (exact) mass is 433 g/mol. The van der Waals surface area contributed by atoms with Crippen LogP contribution in [0.15, 0.2) is 81.2 Å². The maximum atomic E-state index is 12.3. The van der Waals surface area contributed by atoms with Gasteiger partial charge >= 0.3 is 0 Å². The average Bonchev–Trinajstić information content (AvgIpc) is 3.59. The van der Waals surface area contributed by atoms with Crippen LogP contribution in [0.4, 0.5) is 0 Å². The van der Waals surface area contributed by atoms with Crippen LogP contribution in [0.2, 0.25) is 0 Å². The lowest BCUT2D eigenvalue weighted by Gasteiger charge is -2.08. The molecular weight excluding hydrogens is 414 g/mol. The molecule has 0 aliphatic rings. The minimum atomic E-state index is -0.109. The van der Waals surface area contributed by atoms with Crippen molar-refractivity contribution < 1.29 is 13.6 Å². The van der Waals surface area contributed by atoms with Crippen molar-refractivity contribution in [2.24, 2.45) is 0 Å². The van der Waals surface area contributed by atoms with Crippen molar-refractivity contribution in [3.63, 3.8) is 0 Å². The molecule has 5 rings (SSSR count). The highest BCUT2D eigenvalue weighted by molar-refractivity contribution is 7.99. The summed E-state index contributed by atoms with van der Waals surface area (Å²) in [4.78, 5) is 15.6. The van der Waals surface area contributed by atoms with Crippen molar-refractivity contribution in [2.75, 3.05) is 5.75 Å². The number of aromatic nitrogens is 4. The molecule has 0 unspecified atom stereocenters. The zero-order valence-electron chi connectivity index (χ0n) is 16.4. The molecule has 0 aliphatic heterocycles. The number of amides is 1. The molecular formula is C22H19N5O3S. The van der Waals surface area contributed by atoms with E-state index in [1.807, 2.05) is 53.2 Å². The molecule has 0 atom stereocenters. The smallest absolute Gasteiger partial charge is 0.230 e. The van der Waals surface area contributed by atoms with Crippen LogP contribution in [-0.2, 0) is 17.9 Å². The molecule has 4 aromatic heterocycles. The standard InChI is InChI=1S/C22H19N5O3S/c28-20(24-11-15-5-3-9-29-15)14-31-22-26-25-21(27(22)13-16-6-4-10-30-16)18-12-23-19-8-2-1-7-17(18)19/h1-10,12,23H,11,13-14H2,(H,24,28). The van der Waals surface area contributed by atoms with Gasteiger partial charge in [-0.05, 0) is 30.3 Å². The Morgan fingerprint density at radius 2 is 1.84 bits per heavy atom. The van der Waals surface area contributed by atoms with Gasteiger partial charge in [0.25, 0.3) is 0 Å². The summed E-state index contributed by atoms with van der Waals surface area (Å²) in [6.45, 7) is 0.817. The summed E-state index contributed by atoms with van der Waals surface area (Å²) in [6.07, 6.45) is 5.15. The predicted molar refractivity (Wildman–Crippen MR) is 116 cm³/mol. The Morgan fingerprint density at radius 3 is 2.65 bits per heavy atom. The van der Waals surface area contributed by atoms with Gasteiger partial charge in [0.2, 0.25) is 5.91 Å². The van der Waals surface area contributed by atoms with E-state index in [0.717, 1.165) is 22.2 Å². The highest BCUT2D eigenvalue weighted by atomic mass is 32.2. The molecule has 2 N–H and O–H groups in total. The number of carbonyl (C=O) groups is 1. The van der Waals surface area contributed by atoms with Crippen molar-refractivity contribution in [2.45, 2.75) is 18.2 Å². The molecule has 1 amide bonds. The fourth-order valence-corrected chi connectivity index (χ4v) is 4.10. The van der Waals surface area contributed by atoms with E-state index in [0.29, 0.717) is 29.8 Å². The van der Waals surface area contributed by atoms with Crippen LogP contribution in [0.25, 0.3) is 22.3 Å². The first-order valence-corrected chi connectivity index (χ1v) is 10.7. The van der Waals surface area contributed by atoms with Crippen molar-refractivity contribution in [1.82, 2.24) is 25.1 Å². The number of carbonyl (C=O) groups excluding carboxylic acids is 1. The third-order valence-corrected chi connectivity index (χ3v) is 5.78. The lowest BCUT2D eigenvalue weighted by Crippen LogP contribution is -2.24. The number of fused-ring (bicyclic) bond motifs is 1. The molecule has 31 heavy (non-hydrogen) atoms. The number of hydrogen-bond donors (Lipinski definition) is 2. The molecule has 9 heteroatoms. The number of furan rings is 2. The number of rotatable bonds is 8. The lowest BCUT2D eigenvalue weighted by atomic mass is 10.1. The predicted octanol–water partition coefficient (Wildman–Crippen LogP) is 4.07. The van der Waals surface area contributed by atoms with Gasteiger partial charge in [0, 0.05) is 22.7 Å². The molecule has 0 saturated carbocycles. The molecule has 0 fully saturated rings. The van der Waals surface area contributed by atoms with Crippen LogP contribution in [0.3, 0.4) is 0 Å². The third kappa shape index (κ3) is 4.13. The Balaban J connectivity index is 1.38. The van der Waals surface area contributed by atoms with Crippen molar-refractivity contribution >= 4 is 28.6 Å². The van der Waals surface area contributed by atoms with Gasteiger partial charge < -0.3 is 19.1 Å². The molecule has 0 spiro atoms. The number of aromatic amines is 1. The van der Waals surface area contributed by atoms with E-state index in [4.69, 9.17) is 8.83 Å². The van der Waals surface area contributed by atoms with Crippen molar-refractivity contribution in [3.8, 4) is 11.4 Å². The second-order valence-corrected chi connectivity index (χ2v) is 7.81. The number of benzene rings is 1. The Bertz CT molecular complexity index is 1290. The molecule has 0 aliphatic carbocycles. The molecule has 4 heterocycles. The van der Waals surface area contributed by atoms with E-state index in [9.17, 15) is 4.79 Å². The van der Waals surface area contributed by atoms with E-state index in [1.165, 1.54) is 11.8 Å². The number of nitrogens with one attached hydrogen (secondary N) is 2. The first kappa shape index (κ1) is 19.3. The fraction of sp³-hybridized carbons (Fsp3) is 0.136. The van der Waals surface area contributed by atoms with Crippen LogP contribution in [-0.4, -0.2) is 31.4 Å². The zero-order chi connectivity index (χ0) is 21.0. The number of thioether (sulfide) groups is 1. The molecule has 1 aromatic carbocycles. The SMILES string of the molecule is O=C(CSc1nnc(-c2c[nH]c3ccccc23)n1Cc1ccco1)NCc1ccco1. The average molecular weight is 433 g/mol. The summed E-state index contributed by atoms with van der Waals surface area (Å²) in [6, 6.07) is 15.4.